The minimum absolute atomic E-state index is 0.0491. The molecular formula is C24H34N2O4. The van der Waals surface area contributed by atoms with Crippen molar-refractivity contribution in [3.63, 3.8) is 0 Å². The molecule has 6 heteroatoms. The highest BCUT2D eigenvalue weighted by atomic mass is 16.6. The zero-order valence-corrected chi connectivity index (χ0v) is 19.0. The number of carbonyl (C=O) groups is 3. The van der Waals surface area contributed by atoms with Gasteiger partial charge in [0.05, 0.1) is 0 Å². The number of likely N-dealkylation sites (tertiary alicyclic amines) is 1. The summed E-state index contributed by atoms with van der Waals surface area (Å²) in [6.07, 6.45) is 2.90. The largest absolute Gasteiger partial charge is 0.460 e. The Morgan fingerprint density at radius 2 is 1.73 bits per heavy atom. The normalized spacial score (nSPS) is 25.0. The van der Waals surface area contributed by atoms with Gasteiger partial charge in [-0.1, -0.05) is 20.8 Å². The number of anilines is 1. The van der Waals surface area contributed by atoms with Gasteiger partial charge in [-0.2, -0.15) is 0 Å². The Morgan fingerprint density at radius 1 is 1.10 bits per heavy atom. The third kappa shape index (κ3) is 5.41. The molecule has 0 spiro atoms. The molecule has 2 atom stereocenters. The van der Waals surface area contributed by atoms with Crippen LogP contribution in [-0.2, 0) is 14.3 Å². The number of amides is 2. The van der Waals surface area contributed by atoms with Crippen molar-refractivity contribution in [3.8, 4) is 0 Å². The number of esters is 1. The SMILES string of the molecule is CC1(C)CC2CC(C)(CN2C(=O)c2ccc(NC(=O)CC(=O)OC(C)(C)C)cc2)C1. The fraction of sp³-hybridized carbons (Fsp3) is 0.625. The quantitative estimate of drug-likeness (QED) is 0.585. The van der Waals surface area contributed by atoms with Crippen molar-refractivity contribution in [2.75, 3.05) is 11.9 Å². The average Bonchev–Trinajstić information content (AvgIpc) is 2.81. The number of carbonyl (C=O) groups excluding carboxylic acids is 3. The molecule has 2 unspecified atom stereocenters. The van der Waals surface area contributed by atoms with Gasteiger partial charge in [0.15, 0.2) is 0 Å². The van der Waals surface area contributed by atoms with Crippen molar-refractivity contribution in [1.82, 2.24) is 4.90 Å². The predicted molar refractivity (Wildman–Crippen MR) is 116 cm³/mol. The maximum atomic E-state index is 13.1. The van der Waals surface area contributed by atoms with Crippen LogP contribution in [-0.4, -0.2) is 40.9 Å². The lowest BCUT2D eigenvalue weighted by molar-refractivity contribution is -0.155. The van der Waals surface area contributed by atoms with Gasteiger partial charge in [0.25, 0.3) is 5.91 Å². The number of nitrogens with zero attached hydrogens (tertiary/aromatic N) is 1. The average molecular weight is 415 g/mol. The van der Waals surface area contributed by atoms with Gasteiger partial charge in [-0.05, 0) is 75.1 Å². The molecule has 1 heterocycles. The Labute approximate surface area is 179 Å². The molecule has 0 radical (unpaired) electrons. The van der Waals surface area contributed by atoms with Gasteiger partial charge in [0.1, 0.15) is 12.0 Å². The van der Waals surface area contributed by atoms with E-state index >= 15 is 0 Å². The first-order valence-electron chi connectivity index (χ1n) is 10.7. The Kier molecular flexibility index (Phi) is 5.74. The lowest BCUT2D eigenvalue weighted by Gasteiger charge is -2.39. The van der Waals surface area contributed by atoms with Crippen molar-refractivity contribution in [2.45, 2.75) is 78.9 Å². The summed E-state index contributed by atoms with van der Waals surface area (Å²) in [4.78, 5) is 39.0. The molecule has 1 aliphatic carbocycles. The minimum Gasteiger partial charge on any atom is -0.460 e. The van der Waals surface area contributed by atoms with Crippen LogP contribution in [0.1, 0.15) is 77.6 Å². The Bertz CT molecular complexity index is 838. The van der Waals surface area contributed by atoms with Crippen LogP contribution in [0.4, 0.5) is 5.69 Å². The molecule has 2 bridgehead atoms. The van der Waals surface area contributed by atoms with Crippen LogP contribution in [0, 0.1) is 10.8 Å². The summed E-state index contributed by atoms with van der Waals surface area (Å²) in [6.45, 7) is 12.9. The Morgan fingerprint density at radius 3 is 2.33 bits per heavy atom. The van der Waals surface area contributed by atoms with Gasteiger partial charge >= 0.3 is 5.97 Å². The van der Waals surface area contributed by atoms with E-state index in [1.54, 1.807) is 45.0 Å². The fourth-order valence-corrected chi connectivity index (χ4v) is 5.27. The Hall–Kier alpha value is -2.37. The summed E-state index contributed by atoms with van der Waals surface area (Å²) in [6, 6.07) is 7.17. The molecule has 1 N–H and O–H groups in total. The van der Waals surface area contributed by atoms with Gasteiger partial charge in [-0.3, -0.25) is 14.4 Å². The molecule has 30 heavy (non-hydrogen) atoms. The highest BCUT2D eigenvalue weighted by molar-refractivity contribution is 6.02. The number of hydrogen-bond donors (Lipinski definition) is 1. The molecule has 1 saturated heterocycles. The molecule has 3 rings (SSSR count). The maximum absolute atomic E-state index is 13.1. The lowest BCUT2D eigenvalue weighted by Crippen LogP contribution is -2.37. The van der Waals surface area contributed by atoms with E-state index in [0.29, 0.717) is 17.3 Å². The van der Waals surface area contributed by atoms with E-state index in [-0.39, 0.29) is 23.2 Å². The monoisotopic (exact) mass is 414 g/mol. The summed E-state index contributed by atoms with van der Waals surface area (Å²) < 4.78 is 5.16. The van der Waals surface area contributed by atoms with Crippen molar-refractivity contribution in [3.05, 3.63) is 29.8 Å². The number of fused-ring (bicyclic) bond motifs is 2. The van der Waals surface area contributed by atoms with E-state index in [1.807, 2.05) is 4.90 Å². The number of nitrogens with one attached hydrogen (secondary N) is 1. The molecule has 1 aromatic carbocycles. The van der Waals surface area contributed by atoms with Crippen molar-refractivity contribution in [1.29, 1.82) is 0 Å². The third-order valence-electron chi connectivity index (χ3n) is 5.82. The molecular weight excluding hydrogens is 380 g/mol. The van der Waals surface area contributed by atoms with Crippen LogP contribution in [0.3, 0.4) is 0 Å². The highest BCUT2D eigenvalue weighted by Crippen LogP contribution is 2.52. The third-order valence-corrected chi connectivity index (χ3v) is 5.82. The van der Waals surface area contributed by atoms with E-state index in [1.165, 1.54) is 0 Å². The van der Waals surface area contributed by atoms with Crippen LogP contribution in [0.15, 0.2) is 24.3 Å². The predicted octanol–water partition coefficient (Wildman–Crippen LogP) is 4.40. The first-order valence-corrected chi connectivity index (χ1v) is 10.7. The highest BCUT2D eigenvalue weighted by Gasteiger charge is 2.51. The van der Waals surface area contributed by atoms with Crippen LogP contribution in [0.5, 0.6) is 0 Å². The molecule has 1 aromatic rings. The topological polar surface area (TPSA) is 75.7 Å². The van der Waals surface area contributed by atoms with Crippen molar-refractivity contribution >= 4 is 23.5 Å². The van der Waals surface area contributed by atoms with E-state index < -0.39 is 17.5 Å². The van der Waals surface area contributed by atoms with E-state index in [4.69, 9.17) is 4.74 Å². The first kappa shape index (κ1) is 22.3. The smallest absolute Gasteiger partial charge is 0.315 e. The molecule has 1 aliphatic heterocycles. The summed E-state index contributed by atoms with van der Waals surface area (Å²) in [5.74, 6) is -0.955. The lowest BCUT2D eigenvalue weighted by atomic mass is 9.65. The number of hydrogen-bond acceptors (Lipinski definition) is 4. The number of benzene rings is 1. The van der Waals surface area contributed by atoms with Gasteiger partial charge in [-0.25, -0.2) is 0 Å². The van der Waals surface area contributed by atoms with Crippen LogP contribution < -0.4 is 5.32 Å². The molecule has 2 aliphatic rings. The van der Waals surface area contributed by atoms with E-state index in [2.05, 4.69) is 26.1 Å². The molecule has 164 valence electrons. The summed E-state index contributed by atoms with van der Waals surface area (Å²) >= 11 is 0. The molecule has 6 nitrogen and oxygen atoms in total. The van der Waals surface area contributed by atoms with Gasteiger partial charge in [0.2, 0.25) is 5.91 Å². The first-order chi connectivity index (χ1) is 13.8. The van der Waals surface area contributed by atoms with Crippen LogP contribution in [0.25, 0.3) is 0 Å². The maximum Gasteiger partial charge on any atom is 0.315 e. The number of rotatable bonds is 4. The molecule has 2 fully saturated rings. The fourth-order valence-electron chi connectivity index (χ4n) is 5.27. The second kappa shape index (κ2) is 7.71. The standard InChI is InChI=1S/C24H34N2O4/c1-22(2,3)30-20(28)11-19(27)25-17-9-7-16(8-10-17)21(29)26-15-24(6)13-18(26)12-23(4,5)14-24/h7-10,18H,11-15H2,1-6H3,(H,25,27). The van der Waals surface area contributed by atoms with Gasteiger partial charge in [-0.15, -0.1) is 0 Å². The van der Waals surface area contributed by atoms with Crippen LogP contribution >= 0.6 is 0 Å². The van der Waals surface area contributed by atoms with Gasteiger partial charge < -0.3 is 15.0 Å². The summed E-state index contributed by atoms with van der Waals surface area (Å²) in [7, 11) is 0. The minimum atomic E-state index is -0.625. The zero-order chi connectivity index (χ0) is 22.3. The Balaban J connectivity index is 1.60. The summed E-state index contributed by atoms with van der Waals surface area (Å²) in [5.41, 5.74) is 0.995. The van der Waals surface area contributed by atoms with Crippen molar-refractivity contribution in [2.24, 2.45) is 10.8 Å². The molecule has 1 saturated carbocycles. The summed E-state index contributed by atoms with van der Waals surface area (Å²) in [5, 5.41) is 2.68. The van der Waals surface area contributed by atoms with Gasteiger partial charge in [0, 0.05) is 23.8 Å². The molecule has 0 aromatic heterocycles. The second-order valence-electron chi connectivity index (χ2n) is 11.0. The van der Waals surface area contributed by atoms with E-state index in [0.717, 1.165) is 25.8 Å². The van der Waals surface area contributed by atoms with Crippen molar-refractivity contribution < 1.29 is 19.1 Å². The number of ether oxygens (including phenoxy) is 1. The second-order valence-corrected chi connectivity index (χ2v) is 11.0. The van der Waals surface area contributed by atoms with E-state index in [9.17, 15) is 14.4 Å². The molecule has 2 amide bonds. The zero-order valence-electron chi connectivity index (χ0n) is 19.0. The van der Waals surface area contributed by atoms with Crippen LogP contribution in [0.2, 0.25) is 0 Å².